The lowest BCUT2D eigenvalue weighted by atomic mass is 9.98. The fraction of sp³-hybridized carbons (Fsp3) is 0.222. The smallest absolute Gasteiger partial charge is 0.338 e. The van der Waals surface area contributed by atoms with E-state index < -0.39 is 42.7 Å². The van der Waals surface area contributed by atoms with Crippen molar-refractivity contribution in [2.24, 2.45) is 0 Å². The van der Waals surface area contributed by atoms with Crippen LogP contribution in [-0.2, 0) is 14.2 Å². The van der Waals surface area contributed by atoms with E-state index in [1.807, 2.05) is 6.07 Å². The predicted octanol–water partition coefficient (Wildman–Crippen LogP) is 4.36. The minimum Gasteiger partial charge on any atom is -0.459 e. The van der Waals surface area contributed by atoms with Gasteiger partial charge in [-0.05, 0) is 47.1 Å². The maximum absolute atomic E-state index is 16.8. The van der Waals surface area contributed by atoms with Gasteiger partial charge in [0, 0.05) is 0 Å². The summed E-state index contributed by atoms with van der Waals surface area (Å²) in [5, 5.41) is 9.98. The Hall–Kier alpha value is -4.34. The standard InChI is InChI=1S/C27H21BrFN5O5/c1-27(29)20(39-25(36)16-10-6-3-7-11-16)18(13-37-24(35)15-8-4-2-5-9-15)38-26(27)34-21(28)17(12-30)19-22(31)32-14-33-23(19)34/h2-11,14,18,20,26H,13H2,1H3,(H2,31,32,33). The lowest BCUT2D eigenvalue weighted by Crippen LogP contribution is -2.44. The molecule has 0 aliphatic carbocycles. The third-order valence-corrected chi connectivity index (χ3v) is 7.19. The third kappa shape index (κ3) is 4.71. The number of nitrogen functional groups attached to an aromatic ring is 1. The van der Waals surface area contributed by atoms with E-state index >= 15 is 4.39 Å². The molecule has 3 heterocycles. The molecule has 2 aromatic carbocycles. The third-order valence-electron chi connectivity index (χ3n) is 6.41. The molecule has 4 aromatic rings. The molecule has 1 fully saturated rings. The molecule has 0 amide bonds. The van der Waals surface area contributed by atoms with Gasteiger partial charge in [0.25, 0.3) is 0 Å². The molecule has 1 saturated heterocycles. The summed E-state index contributed by atoms with van der Waals surface area (Å²) in [7, 11) is 0. The molecule has 0 bridgehead atoms. The fourth-order valence-corrected chi connectivity index (χ4v) is 5.16. The van der Waals surface area contributed by atoms with Crippen molar-refractivity contribution >= 4 is 44.7 Å². The van der Waals surface area contributed by atoms with Crippen molar-refractivity contribution in [2.75, 3.05) is 12.3 Å². The van der Waals surface area contributed by atoms with Crippen LogP contribution < -0.4 is 5.73 Å². The average Bonchev–Trinajstić information content (AvgIpc) is 3.37. The Balaban J connectivity index is 1.53. The van der Waals surface area contributed by atoms with E-state index in [2.05, 4.69) is 25.9 Å². The molecule has 1 aliphatic heterocycles. The first-order valence-corrected chi connectivity index (χ1v) is 12.6. The van der Waals surface area contributed by atoms with Crippen LogP contribution in [0.1, 0.15) is 39.4 Å². The van der Waals surface area contributed by atoms with E-state index in [-0.39, 0.29) is 38.1 Å². The highest BCUT2D eigenvalue weighted by Crippen LogP contribution is 2.47. The highest BCUT2D eigenvalue weighted by atomic mass is 79.9. The second kappa shape index (κ2) is 10.4. The van der Waals surface area contributed by atoms with Gasteiger partial charge in [-0.2, -0.15) is 5.26 Å². The second-order valence-electron chi connectivity index (χ2n) is 8.94. The summed E-state index contributed by atoms with van der Waals surface area (Å²) in [5.74, 6) is -1.42. The van der Waals surface area contributed by atoms with Gasteiger partial charge >= 0.3 is 11.9 Å². The van der Waals surface area contributed by atoms with Crippen LogP contribution in [0.25, 0.3) is 11.0 Å². The maximum atomic E-state index is 16.8. The van der Waals surface area contributed by atoms with Gasteiger partial charge < -0.3 is 19.9 Å². The summed E-state index contributed by atoms with van der Waals surface area (Å²) >= 11 is 3.35. The monoisotopic (exact) mass is 593 g/mol. The number of fused-ring (bicyclic) bond motifs is 1. The van der Waals surface area contributed by atoms with Crippen molar-refractivity contribution in [1.82, 2.24) is 14.5 Å². The van der Waals surface area contributed by atoms with Crippen LogP contribution in [0.4, 0.5) is 10.2 Å². The van der Waals surface area contributed by atoms with Crippen LogP contribution in [0.15, 0.2) is 71.6 Å². The van der Waals surface area contributed by atoms with E-state index in [4.69, 9.17) is 19.9 Å². The quantitative estimate of drug-likeness (QED) is 0.322. The Labute approximate surface area is 230 Å². The summed E-state index contributed by atoms with van der Waals surface area (Å²) in [6.45, 7) is 0.782. The highest BCUT2D eigenvalue weighted by molar-refractivity contribution is 9.10. The SMILES string of the molecule is CC1(F)C(OC(=O)c2ccccc2)C(COC(=O)c2ccccc2)OC1n1c(Br)c(C#N)c2c(N)ncnc21. The summed E-state index contributed by atoms with van der Waals surface area (Å²) in [6.07, 6.45) is -3.00. The molecule has 4 unspecified atom stereocenters. The number of benzene rings is 2. The second-order valence-corrected chi connectivity index (χ2v) is 9.69. The van der Waals surface area contributed by atoms with Crippen LogP contribution in [0.3, 0.4) is 0 Å². The van der Waals surface area contributed by atoms with E-state index in [1.54, 1.807) is 48.5 Å². The van der Waals surface area contributed by atoms with E-state index in [1.165, 1.54) is 30.0 Å². The summed E-state index contributed by atoms with van der Waals surface area (Å²) in [6, 6.07) is 18.4. The minimum absolute atomic E-state index is 0.0231. The first kappa shape index (κ1) is 26.3. The molecule has 0 radical (unpaired) electrons. The van der Waals surface area contributed by atoms with Crippen LogP contribution in [0.5, 0.6) is 0 Å². The van der Waals surface area contributed by atoms with Gasteiger partial charge in [0.1, 0.15) is 41.2 Å². The Morgan fingerprint density at radius 1 is 1.13 bits per heavy atom. The zero-order chi connectivity index (χ0) is 27.7. The molecule has 5 rings (SSSR count). The first-order valence-electron chi connectivity index (χ1n) is 11.8. The zero-order valence-corrected chi connectivity index (χ0v) is 22.0. The number of alkyl halides is 1. The molecule has 2 aromatic heterocycles. The van der Waals surface area contributed by atoms with Crippen LogP contribution in [0, 0.1) is 11.3 Å². The number of carbonyl (C=O) groups is 2. The van der Waals surface area contributed by atoms with E-state index in [0.29, 0.717) is 0 Å². The molecule has 10 nitrogen and oxygen atoms in total. The van der Waals surface area contributed by atoms with Gasteiger partial charge in [0.2, 0.25) is 0 Å². The van der Waals surface area contributed by atoms with Crippen LogP contribution in [-0.4, -0.2) is 51.0 Å². The van der Waals surface area contributed by atoms with Gasteiger partial charge in [-0.25, -0.2) is 23.9 Å². The van der Waals surface area contributed by atoms with Crippen LogP contribution in [0.2, 0.25) is 0 Å². The van der Waals surface area contributed by atoms with Gasteiger partial charge in [0.15, 0.2) is 18.0 Å². The lowest BCUT2D eigenvalue weighted by molar-refractivity contribution is -0.0618. The van der Waals surface area contributed by atoms with Gasteiger partial charge in [-0.15, -0.1) is 0 Å². The zero-order valence-electron chi connectivity index (χ0n) is 20.5. The number of nitriles is 1. The number of carbonyl (C=O) groups excluding carboxylic acids is 2. The minimum atomic E-state index is -2.38. The largest absolute Gasteiger partial charge is 0.459 e. The normalized spacial score (nSPS) is 22.4. The number of nitrogens with two attached hydrogens (primary N) is 1. The molecular formula is C27H21BrFN5O5. The number of halogens is 2. The molecule has 12 heteroatoms. The number of nitrogens with zero attached hydrogens (tertiary/aromatic N) is 4. The number of anilines is 1. The Morgan fingerprint density at radius 3 is 2.36 bits per heavy atom. The number of hydrogen-bond donors (Lipinski definition) is 1. The Bertz CT molecular complexity index is 1590. The van der Waals surface area contributed by atoms with Crippen molar-refractivity contribution < 1.29 is 28.2 Å². The van der Waals surface area contributed by atoms with Gasteiger partial charge in [-0.3, -0.25) is 4.57 Å². The Morgan fingerprint density at radius 2 is 1.74 bits per heavy atom. The molecule has 0 spiro atoms. The van der Waals surface area contributed by atoms with Crippen molar-refractivity contribution in [3.63, 3.8) is 0 Å². The predicted molar refractivity (Wildman–Crippen MR) is 140 cm³/mol. The molecule has 198 valence electrons. The number of aromatic nitrogens is 3. The molecule has 0 saturated carbocycles. The van der Waals surface area contributed by atoms with Crippen molar-refractivity contribution in [3.05, 3.63) is 88.3 Å². The van der Waals surface area contributed by atoms with Crippen molar-refractivity contribution in [1.29, 1.82) is 5.26 Å². The summed E-state index contributed by atoms with van der Waals surface area (Å²) in [5.41, 5.74) is 4.34. The maximum Gasteiger partial charge on any atom is 0.338 e. The van der Waals surface area contributed by atoms with Gasteiger partial charge in [0.05, 0.1) is 22.1 Å². The highest BCUT2D eigenvalue weighted by Gasteiger charge is 2.59. The molecular weight excluding hydrogens is 573 g/mol. The number of esters is 2. The van der Waals surface area contributed by atoms with E-state index in [9.17, 15) is 14.9 Å². The molecule has 1 aliphatic rings. The number of rotatable bonds is 6. The lowest BCUT2D eigenvalue weighted by Gasteiger charge is -2.28. The van der Waals surface area contributed by atoms with Crippen molar-refractivity contribution in [3.8, 4) is 6.07 Å². The first-order chi connectivity index (χ1) is 18.7. The topological polar surface area (TPSA) is 142 Å². The molecule has 4 atom stereocenters. The average molecular weight is 594 g/mol. The summed E-state index contributed by atoms with van der Waals surface area (Å²) in [4.78, 5) is 33.7. The van der Waals surface area contributed by atoms with Gasteiger partial charge in [-0.1, -0.05) is 36.4 Å². The molecule has 2 N–H and O–H groups in total. The van der Waals surface area contributed by atoms with Crippen LogP contribution >= 0.6 is 15.9 Å². The Kier molecular flexibility index (Phi) is 7.03. The fourth-order valence-electron chi connectivity index (χ4n) is 4.52. The molecule has 39 heavy (non-hydrogen) atoms. The summed E-state index contributed by atoms with van der Waals surface area (Å²) < 4.78 is 35.4. The number of ether oxygens (including phenoxy) is 3. The van der Waals surface area contributed by atoms with Crippen molar-refractivity contribution in [2.45, 2.75) is 31.0 Å². The van der Waals surface area contributed by atoms with E-state index in [0.717, 1.165) is 0 Å². The number of hydrogen-bond acceptors (Lipinski definition) is 9.